The van der Waals surface area contributed by atoms with Crippen molar-refractivity contribution in [2.24, 2.45) is 11.1 Å². The monoisotopic (exact) mass is 552 g/mol. The van der Waals surface area contributed by atoms with Gasteiger partial charge >= 0.3 is 0 Å². The van der Waals surface area contributed by atoms with Crippen LogP contribution in [0.4, 0.5) is 8.78 Å². The molecule has 0 spiro atoms. The van der Waals surface area contributed by atoms with Gasteiger partial charge in [-0.05, 0) is 66.8 Å². The molecule has 0 radical (unpaired) electrons. The molecule has 8 heteroatoms. The summed E-state index contributed by atoms with van der Waals surface area (Å²) >= 11 is 6.61. The Morgan fingerprint density at radius 3 is 2.54 bits per heavy atom. The second-order valence-corrected chi connectivity index (χ2v) is 11.6. The van der Waals surface area contributed by atoms with E-state index in [1.54, 1.807) is 6.07 Å². The third-order valence-corrected chi connectivity index (χ3v) is 9.25. The maximum absolute atomic E-state index is 16.3. The number of hydrogen-bond donors (Lipinski definition) is 3. The summed E-state index contributed by atoms with van der Waals surface area (Å²) in [5, 5.41) is 12.5. The molecular formula is C31H31ClF2N2O3. The van der Waals surface area contributed by atoms with Gasteiger partial charge in [-0.3, -0.25) is 4.79 Å². The SMILES string of the molecule is CNC(=O)c1cc2c(c(F)c1-c1c(Cl)c(F)cc3c1CC(CCC1(CN)CC1)(c1ccccc1)O3)CC(O)C2. The Bertz CT molecular complexity index is 1470. The van der Waals surface area contributed by atoms with Crippen LogP contribution in [0.3, 0.4) is 0 Å². The lowest BCUT2D eigenvalue weighted by Gasteiger charge is -2.31. The molecule has 0 aromatic heterocycles. The number of carbonyl (C=O) groups is 1. The molecule has 204 valence electrons. The Labute approximate surface area is 231 Å². The van der Waals surface area contributed by atoms with E-state index in [4.69, 9.17) is 22.1 Å². The highest BCUT2D eigenvalue weighted by Crippen LogP contribution is 2.55. The van der Waals surface area contributed by atoms with Gasteiger partial charge in [0.1, 0.15) is 23.0 Å². The summed E-state index contributed by atoms with van der Waals surface area (Å²) in [4.78, 5) is 13.0. The third kappa shape index (κ3) is 4.31. The van der Waals surface area contributed by atoms with E-state index in [0.717, 1.165) is 24.8 Å². The van der Waals surface area contributed by atoms with E-state index in [1.165, 1.54) is 13.1 Å². The molecule has 2 unspecified atom stereocenters. The number of nitrogens with two attached hydrogens (primary N) is 1. The minimum atomic E-state index is -0.823. The average molecular weight is 553 g/mol. The molecule has 1 amide bonds. The van der Waals surface area contributed by atoms with E-state index < -0.39 is 29.2 Å². The lowest BCUT2D eigenvalue weighted by Crippen LogP contribution is -2.33. The first-order chi connectivity index (χ1) is 18.7. The van der Waals surface area contributed by atoms with Crippen molar-refractivity contribution in [3.05, 3.63) is 86.9 Å². The Kier molecular flexibility index (Phi) is 6.44. The average Bonchev–Trinajstić information content (AvgIpc) is 3.49. The quantitative estimate of drug-likeness (QED) is 0.364. The topological polar surface area (TPSA) is 84.6 Å². The van der Waals surface area contributed by atoms with Gasteiger partial charge in [-0.2, -0.15) is 0 Å². The molecule has 0 saturated heterocycles. The molecule has 1 saturated carbocycles. The van der Waals surface area contributed by atoms with Crippen molar-refractivity contribution in [3.8, 4) is 16.9 Å². The van der Waals surface area contributed by atoms with Crippen LogP contribution in [0.1, 0.15) is 58.3 Å². The van der Waals surface area contributed by atoms with E-state index in [-0.39, 0.29) is 45.7 Å². The first kappa shape index (κ1) is 26.2. The summed E-state index contributed by atoms with van der Waals surface area (Å²) in [5.41, 5.74) is 7.85. The number of ether oxygens (including phenoxy) is 1. The maximum atomic E-state index is 16.3. The molecule has 3 aromatic rings. The lowest BCUT2D eigenvalue weighted by atomic mass is 9.80. The number of rotatable bonds is 7. The lowest BCUT2D eigenvalue weighted by molar-refractivity contribution is 0.0726. The molecule has 3 aromatic carbocycles. The summed E-state index contributed by atoms with van der Waals surface area (Å²) in [6, 6.07) is 12.6. The minimum absolute atomic E-state index is 0.0508. The van der Waals surface area contributed by atoms with E-state index in [2.05, 4.69) is 5.32 Å². The van der Waals surface area contributed by atoms with Crippen LogP contribution in [-0.4, -0.2) is 30.7 Å². The predicted molar refractivity (Wildman–Crippen MR) is 146 cm³/mol. The number of aliphatic hydroxyl groups excluding tert-OH is 1. The summed E-state index contributed by atoms with van der Waals surface area (Å²) in [6.07, 6.45) is 3.55. The molecule has 39 heavy (non-hydrogen) atoms. The summed E-state index contributed by atoms with van der Waals surface area (Å²) in [5.74, 6) is -1.64. The van der Waals surface area contributed by atoms with E-state index in [0.29, 0.717) is 36.1 Å². The van der Waals surface area contributed by atoms with Gasteiger partial charge in [0, 0.05) is 42.6 Å². The van der Waals surface area contributed by atoms with Crippen molar-refractivity contribution < 1.29 is 23.4 Å². The fourth-order valence-corrected chi connectivity index (χ4v) is 6.62. The first-order valence-corrected chi connectivity index (χ1v) is 13.8. The smallest absolute Gasteiger partial charge is 0.251 e. The number of carbonyl (C=O) groups excluding carboxylic acids is 1. The van der Waals surface area contributed by atoms with Crippen molar-refractivity contribution in [3.63, 3.8) is 0 Å². The second-order valence-electron chi connectivity index (χ2n) is 11.3. The molecule has 2 atom stereocenters. The van der Waals surface area contributed by atoms with Crippen molar-refractivity contribution in [2.45, 2.75) is 56.7 Å². The van der Waals surface area contributed by atoms with Crippen LogP contribution in [0.25, 0.3) is 11.1 Å². The van der Waals surface area contributed by atoms with Gasteiger partial charge in [0.2, 0.25) is 0 Å². The molecule has 3 aliphatic rings. The van der Waals surface area contributed by atoms with Crippen LogP contribution < -0.4 is 15.8 Å². The molecule has 1 aliphatic heterocycles. The number of nitrogens with one attached hydrogen (secondary N) is 1. The Balaban J connectivity index is 1.54. The second kappa shape index (κ2) is 9.58. The van der Waals surface area contributed by atoms with Crippen molar-refractivity contribution in [1.82, 2.24) is 5.32 Å². The van der Waals surface area contributed by atoms with Crippen molar-refractivity contribution in [1.29, 1.82) is 0 Å². The van der Waals surface area contributed by atoms with Crippen LogP contribution in [0, 0.1) is 17.0 Å². The zero-order chi connectivity index (χ0) is 27.5. The molecule has 1 heterocycles. The highest BCUT2D eigenvalue weighted by molar-refractivity contribution is 6.34. The Morgan fingerprint density at radius 1 is 1.13 bits per heavy atom. The molecule has 6 rings (SSSR count). The zero-order valence-electron chi connectivity index (χ0n) is 21.8. The minimum Gasteiger partial charge on any atom is -0.482 e. The fraction of sp³-hybridized carbons (Fsp3) is 0.387. The van der Waals surface area contributed by atoms with Crippen LogP contribution in [0.15, 0.2) is 42.5 Å². The highest BCUT2D eigenvalue weighted by Gasteiger charge is 2.48. The molecule has 4 N–H and O–H groups in total. The number of halogens is 3. The van der Waals surface area contributed by atoms with Crippen LogP contribution in [0.5, 0.6) is 5.75 Å². The van der Waals surface area contributed by atoms with Gasteiger partial charge in [0.15, 0.2) is 0 Å². The number of hydrogen-bond acceptors (Lipinski definition) is 4. The molecule has 0 bridgehead atoms. The van der Waals surface area contributed by atoms with Crippen LogP contribution >= 0.6 is 11.6 Å². The molecule has 2 aliphatic carbocycles. The van der Waals surface area contributed by atoms with E-state index in [9.17, 15) is 9.90 Å². The number of aliphatic hydroxyl groups is 1. The third-order valence-electron chi connectivity index (χ3n) is 8.88. The zero-order valence-corrected chi connectivity index (χ0v) is 22.5. The predicted octanol–water partition coefficient (Wildman–Crippen LogP) is 5.45. The van der Waals surface area contributed by atoms with Gasteiger partial charge in [-0.15, -0.1) is 0 Å². The number of fused-ring (bicyclic) bond motifs is 2. The Morgan fingerprint density at radius 2 is 1.87 bits per heavy atom. The Hall–Kier alpha value is -3.00. The van der Waals surface area contributed by atoms with Gasteiger partial charge in [0.25, 0.3) is 5.91 Å². The van der Waals surface area contributed by atoms with Gasteiger partial charge < -0.3 is 20.9 Å². The van der Waals surface area contributed by atoms with Gasteiger partial charge in [-0.25, -0.2) is 8.78 Å². The number of benzene rings is 3. The fourth-order valence-electron chi connectivity index (χ4n) is 6.35. The van der Waals surface area contributed by atoms with E-state index >= 15 is 8.78 Å². The first-order valence-electron chi connectivity index (χ1n) is 13.4. The molecular weight excluding hydrogens is 522 g/mol. The summed E-state index contributed by atoms with van der Waals surface area (Å²) in [6.45, 7) is 0.595. The highest BCUT2D eigenvalue weighted by atomic mass is 35.5. The number of amides is 1. The maximum Gasteiger partial charge on any atom is 0.251 e. The van der Waals surface area contributed by atoms with Gasteiger partial charge in [-0.1, -0.05) is 41.9 Å². The van der Waals surface area contributed by atoms with Crippen LogP contribution in [-0.2, 0) is 24.9 Å². The molecule has 5 nitrogen and oxygen atoms in total. The van der Waals surface area contributed by atoms with Crippen LogP contribution in [0.2, 0.25) is 5.02 Å². The van der Waals surface area contributed by atoms with Crippen molar-refractivity contribution >= 4 is 17.5 Å². The summed E-state index contributed by atoms with van der Waals surface area (Å²) < 4.78 is 38.3. The summed E-state index contributed by atoms with van der Waals surface area (Å²) in [7, 11) is 1.46. The van der Waals surface area contributed by atoms with E-state index in [1.807, 2.05) is 30.3 Å². The largest absolute Gasteiger partial charge is 0.482 e. The van der Waals surface area contributed by atoms with Crippen molar-refractivity contribution in [2.75, 3.05) is 13.6 Å². The van der Waals surface area contributed by atoms with Gasteiger partial charge in [0.05, 0.1) is 16.7 Å². The normalized spacial score (nSPS) is 22.3. The molecule has 1 fully saturated rings. The standard InChI is InChI=1S/C31H31ClF2N2O3/c1-36-29(38)21-12-17-11-19(37)13-20(17)28(34)26(21)25-22-15-31(18-5-3-2-4-6-18,10-9-30(16-35)7-8-30)39-24(22)14-23(33)27(25)32/h2-6,12,14,19,37H,7-11,13,15-16,35H2,1H3,(H,36,38).